The van der Waals surface area contributed by atoms with Gasteiger partial charge in [-0.1, -0.05) is 30.3 Å². The Labute approximate surface area is 282 Å². The smallest absolute Gasteiger partial charge is 0.227 e. The van der Waals surface area contributed by atoms with E-state index in [0.29, 0.717) is 38.3 Å². The van der Waals surface area contributed by atoms with Gasteiger partial charge in [-0.2, -0.15) is 0 Å². The number of hydrogen-bond donors (Lipinski definition) is 1. The Kier molecular flexibility index (Phi) is 9.25. The lowest BCUT2D eigenvalue weighted by atomic mass is 9.99. The minimum absolute atomic E-state index is 0.241. The second kappa shape index (κ2) is 13.3. The first-order valence-corrected chi connectivity index (χ1v) is 17.9. The number of Topliss-reactive ketones (excluding diaryl/α,β-unsaturated/α-hetero) is 1. The molecular weight excluding hydrogens is 653 g/mol. The van der Waals surface area contributed by atoms with Crippen molar-refractivity contribution in [3.63, 3.8) is 0 Å². The van der Waals surface area contributed by atoms with Gasteiger partial charge in [0, 0.05) is 37.0 Å². The van der Waals surface area contributed by atoms with Crippen LogP contribution in [0.5, 0.6) is 0 Å². The molecule has 6 rings (SSSR count). The molecule has 48 heavy (non-hydrogen) atoms. The number of carbonyl (C=O) groups is 1. The van der Waals surface area contributed by atoms with Gasteiger partial charge in [0.2, 0.25) is 5.95 Å². The van der Waals surface area contributed by atoms with Gasteiger partial charge in [-0.25, -0.2) is 32.2 Å². The molecule has 1 aliphatic rings. The van der Waals surface area contributed by atoms with Crippen molar-refractivity contribution in [1.29, 1.82) is 0 Å². The fourth-order valence-electron chi connectivity index (χ4n) is 5.49. The topological polar surface area (TPSA) is 105 Å². The molecule has 0 radical (unpaired) electrons. The van der Waals surface area contributed by atoms with Gasteiger partial charge >= 0.3 is 0 Å². The maximum absolute atomic E-state index is 14.3. The number of carbonyl (C=O) groups excluding carboxylic acids is 1. The molecule has 0 saturated heterocycles. The molecule has 5 aromatic rings. The van der Waals surface area contributed by atoms with E-state index in [2.05, 4.69) is 34.4 Å². The lowest BCUT2D eigenvalue weighted by Gasteiger charge is -2.25. The zero-order chi connectivity index (χ0) is 34.2. The molecule has 1 N–H and O–H groups in total. The summed E-state index contributed by atoms with van der Waals surface area (Å²) in [5.41, 5.74) is 4.97. The number of sulfone groups is 1. The zero-order valence-electron chi connectivity index (χ0n) is 27.0. The number of nitrogens with one attached hydrogen (secondary N) is 1. The molecule has 3 aromatic carbocycles. The first-order chi connectivity index (χ1) is 22.8. The predicted molar refractivity (Wildman–Crippen MR) is 185 cm³/mol. The Balaban J connectivity index is 1.36. The number of aromatic nitrogens is 3. The number of nitrogens with zero attached hydrogens (tertiary/aromatic N) is 4. The molecule has 0 atom stereocenters. The summed E-state index contributed by atoms with van der Waals surface area (Å²) in [5.74, 6) is -2.43. The Morgan fingerprint density at radius 1 is 0.979 bits per heavy atom. The van der Waals surface area contributed by atoms with Gasteiger partial charge in [0.25, 0.3) is 0 Å². The molecule has 2 aromatic heterocycles. The zero-order valence-corrected chi connectivity index (χ0v) is 28.7. The fraction of sp³-hybridized carbons (Fsp3) is 0.278. The Bertz CT molecular complexity index is 2110. The van der Waals surface area contributed by atoms with Crippen LogP contribution >= 0.6 is 11.3 Å². The molecule has 0 aliphatic carbocycles. The van der Waals surface area contributed by atoms with Crippen LogP contribution in [0.15, 0.2) is 72.9 Å². The van der Waals surface area contributed by atoms with Gasteiger partial charge in [-0.15, -0.1) is 11.3 Å². The van der Waals surface area contributed by atoms with E-state index in [-0.39, 0.29) is 12.2 Å². The van der Waals surface area contributed by atoms with Crippen molar-refractivity contribution in [3.05, 3.63) is 112 Å². The lowest BCUT2D eigenvalue weighted by Crippen LogP contribution is -2.29. The molecule has 0 fully saturated rings. The van der Waals surface area contributed by atoms with Crippen molar-refractivity contribution in [2.24, 2.45) is 0 Å². The van der Waals surface area contributed by atoms with Crippen LogP contribution in [0.1, 0.15) is 52.8 Å². The van der Waals surface area contributed by atoms with E-state index in [1.54, 1.807) is 57.3 Å². The van der Waals surface area contributed by atoms with Crippen LogP contribution in [0.4, 0.5) is 20.4 Å². The molecule has 8 nitrogen and oxygen atoms in total. The van der Waals surface area contributed by atoms with Gasteiger partial charge in [0.05, 0.1) is 26.6 Å². The first kappa shape index (κ1) is 33.5. The summed E-state index contributed by atoms with van der Waals surface area (Å²) in [5, 5.41) is 3.69. The van der Waals surface area contributed by atoms with Crippen molar-refractivity contribution in [1.82, 2.24) is 19.9 Å². The van der Waals surface area contributed by atoms with Crippen LogP contribution in [-0.2, 0) is 35.0 Å². The lowest BCUT2D eigenvalue weighted by molar-refractivity contribution is 0.0985. The number of fused-ring (bicyclic) bond motifs is 1. The van der Waals surface area contributed by atoms with E-state index < -0.39 is 37.6 Å². The summed E-state index contributed by atoms with van der Waals surface area (Å²) in [6, 6.07) is 18.2. The van der Waals surface area contributed by atoms with Crippen LogP contribution in [0.2, 0.25) is 0 Å². The van der Waals surface area contributed by atoms with E-state index in [1.807, 2.05) is 6.07 Å². The summed E-state index contributed by atoms with van der Waals surface area (Å²) in [4.78, 5) is 29.8. The van der Waals surface area contributed by atoms with E-state index in [1.165, 1.54) is 28.5 Å². The number of ketones is 1. The van der Waals surface area contributed by atoms with Crippen molar-refractivity contribution in [2.45, 2.75) is 50.7 Å². The Morgan fingerprint density at radius 2 is 1.73 bits per heavy atom. The first-order valence-electron chi connectivity index (χ1n) is 15.5. The van der Waals surface area contributed by atoms with Crippen LogP contribution < -0.4 is 5.32 Å². The fourth-order valence-corrected chi connectivity index (χ4v) is 7.87. The molecule has 1 aliphatic heterocycles. The van der Waals surface area contributed by atoms with Gasteiger partial charge in [0.1, 0.15) is 22.4 Å². The number of rotatable bonds is 9. The number of anilines is 2. The average molecular weight is 688 g/mol. The van der Waals surface area contributed by atoms with Gasteiger partial charge in [-0.3, -0.25) is 4.79 Å². The third-order valence-electron chi connectivity index (χ3n) is 8.28. The molecule has 12 heteroatoms. The van der Waals surface area contributed by atoms with Crippen LogP contribution in [0.25, 0.3) is 21.8 Å². The van der Waals surface area contributed by atoms with Gasteiger partial charge < -0.3 is 10.2 Å². The van der Waals surface area contributed by atoms with Gasteiger partial charge in [-0.05, 0) is 87.3 Å². The highest BCUT2D eigenvalue weighted by molar-refractivity contribution is 7.92. The standard InChI is InChI=1S/C36H35F2N5O3S2/c1-36(2,3)48(45,46)21-31-42-33(24-8-5-7-22(17-24)18-30(44)32-27(37)9-6-10-28(32)38)34(47-31)29-13-15-39-35(41-29)40-26-12-11-23-14-16-43(4)20-25(23)19-26/h5-13,15,17,19H,14,16,18,20-21H2,1-4H3,(H,39,40,41). The highest BCUT2D eigenvalue weighted by Crippen LogP contribution is 2.38. The number of thiazole rings is 1. The van der Waals surface area contributed by atoms with Crippen molar-refractivity contribution in [2.75, 3.05) is 18.9 Å². The maximum atomic E-state index is 14.3. The Morgan fingerprint density at radius 3 is 2.48 bits per heavy atom. The number of benzene rings is 3. The molecule has 3 heterocycles. The molecule has 0 saturated carbocycles. The SMILES string of the molecule is CN1CCc2ccc(Nc3nccc(-c4sc(CS(=O)(=O)C(C)(C)C)nc4-c4cccc(CC(=O)c5c(F)cccc5F)c4)n3)cc2C1. The third-order valence-corrected chi connectivity index (χ3v) is 12.1. The van der Waals surface area contributed by atoms with Crippen LogP contribution in [0, 0.1) is 11.6 Å². The number of likely N-dealkylation sites (N-methyl/N-ethyl adjacent to an activating group) is 1. The Hall–Kier alpha value is -4.39. The molecule has 0 bridgehead atoms. The maximum Gasteiger partial charge on any atom is 0.227 e. The van der Waals surface area contributed by atoms with E-state index in [0.717, 1.165) is 37.3 Å². The van der Waals surface area contributed by atoms with Gasteiger partial charge in [0.15, 0.2) is 15.6 Å². The molecule has 0 unspecified atom stereocenters. The molecule has 0 spiro atoms. The summed E-state index contributed by atoms with van der Waals surface area (Å²) in [7, 11) is -1.46. The monoisotopic (exact) mass is 687 g/mol. The summed E-state index contributed by atoms with van der Waals surface area (Å²) in [6.07, 6.45) is 2.38. The number of halogens is 2. The highest BCUT2D eigenvalue weighted by atomic mass is 32.2. The van der Waals surface area contributed by atoms with Crippen molar-refractivity contribution >= 4 is 38.6 Å². The second-order valence-electron chi connectivity index (χ2n) is 12.9. The minimum atomic E-state index is -3.56. The molecule has 0 amide bonds. The van der Waals surface area contributed by atoms with Crippen LogP contribution in [-0.4, -0.2) is 52.4 Å². The second-order valence-corrected chi connectivity index (χ2v) is 16.7. The minimum Gasteiger partial charge on any atom is -0.324 e. The summed E-state index contributed by atoms with van der Waals surface area (Å²) < 4.78 is 54.1. The molecule has 248 valence electrons. The molecular formula is C36H35F2N5O3S2. The average Bonchev–Trinajstić information content (AvgIpc) is 3.44. The summed E-state index contributed by atoms with van der Waals surface area (Å²) in [6.45, 7) is 6.83. The van der Waals surface area contributed by atoms with Crippen molar-refractivity contribution < 1.29 is 22.0 Å². The van der Waals surface area contributed by atoms with E-state index in [4.69, 9.17) is 9.97 Å². The normalized spacial score (nSPS) is 13.7. The predicted octanol–water partition coefficient (Wildman–Crippen LogP) is 7.42. The largest absolute Gasteiger partial charge is 0.324 e. The highest BCUT2D eigenvalue weighted by Gasteiger charge is 2.31. The summed E-state index contributed by atoms with van der Waals surface area (Å²) >= 11 is 1.22. The van der Waals surface area contributed by atoms with E-state index in [9.17, 15) is 22.0 Å². The van der Waals surface area contributed by atoms with Crippen molar-refractivity contribution in [3.8, 4) is 21.8 Å². The quantitative estimate of drug-likeness (QED) is 0.160. The number of hydrogen-bond acceptors (Lipinski definition) is 9. The van der Waals surface area contributed by atoms with Crippen LogP contribution in [0.3, 0.4) is 0 Å². The third kappa shape index (κ3) is 7.20. The van der Waals surface area contributed by atoms with E-state index >= 15 is 0 Å².